The van der Waals surface area contributed by atoms with Gasteiger partial charge in [-0.3, -0.25) is 9.69 Å². The van der Waals surface area contributed by atoms with Crippen LogP contribution in [0.5, 0.6) is 0 Å². The Balaban J connectivity index is 1.44. The summed E-state index contributed by atoms with van der Waals surface area (Å²) in [6.07, 6.45) is 3.28. The van der Waals surface area contributed by atoms with Crippen LogP contribution in [0, 0.1) is 6.92 Å². The van der Waals surface area contributed by atoms with Crippen molar-refractivity contribution in [1.29, 1.82) is 0 Å². The number of carbonyl (C=O) groups excluding carboxylic acids is 1. The van der Waals surface area contributed by atoms with E-state index in [2.05, 4.69) is 41.3 Å². The van der Waals surface area contributed by atoms with Gasteiger partial charge in [0.1, 0.15) is 12.4 Å². The van der Waals surface area contributed by atoms with Gasteiger partial charge in [0.25, 0.3) is 0 Å². The molecule has 31 heavy (non-hydrogen) atoms. The van der Waals surface area contributed by atoms with Crippen molar-refractivity contribution >= 4 is 17.5 Å². The standard InChI is InChI=1S/C21H24N8O2/c1-13-9-14(18-23-12-24-27-18)3-4-15(13)16-10-22-19-20(25-16)29-6-5-28(7-8-31-2)11-17(29)21(30)26-19/h3-4,9-10,12,17H,5-8,11H2,1-2H3,(H,22,26,30)(H,23,24,27). The van der Waals surface area contributed by atoms with Gasteiger partial charge >= 0.3 is 0 Å². The second kappa shape index (κ2) is 8.05. The van der Waals surface area contributed by atoms with E-state index in [1.807, 2.05) is 19.1 Å². The first-order chi connectivity index (χ1) is 15.1. The molecule has 3 aromatic rings. The maximum Gasteiger partial charge on any atom is 0.249 e. The average Bonchev–Trinajstić information content (AvgIpc) is 3.33. The predicted octanol–water partition coefficient (Wildman–Crippen LogP) is 1.33. The van der Waals surface area contributed by atoms with Gasteiger partial charge in [-0.25, -0.2) is 9.97 Å². The zero-order valence-corrected chi connectivity index (χ0v) is 17.5. The molecule has 0 aliphatic carbocycles. The largest absolute Gasteiger partial charge is 0.383 e. The highest BCUT2D eigenvalue weighted by molar-refractivity contribution is 6.02. The lowest BCUT2D eigenvalue weighted by Gasteiger charge is -2.43. The fourth-order valence-electron chi connectivity index (χ4n) is 4.18. The van der Waals surface area contributed by atoms with Crippen LogP contribution in [-0.2, 0) is 9.53 Å². The normalized spacial score (nSPS) is 18.5. The summed E-state index contributed by atoms with van der Waals surface area (Å²) in [5.74, 6) is 1.94. The number of H-pyrrole nitrogens is 1. The van der Waals surface area contributed by atoms with Crippen LogP contribution in [0.15, 0.2) is 30.7 Å². The molecule has 2 N–H and O–H groups in total. The summed E-state index contributed by atoms with van der Waals surface area (Å²) < 4.78 is 5.18. The van der Waals surface area contributed by atoms with Crippen LogP contribution >= 0.6 is 0 Å². The van der Waals surface area contributed by atoms with E-state index in [9.17, 15) is 4.79 Å². The van der Waals surface area contributed by atoms with E-state index < -0.39 is 0 Å². The van der Waals surface area contributed by atoms with E-state index in [4.69, 9.17) is 9.72 Å². The molecule has 10 heteroatoms. The Morgan fingerprint density at radius 3 is 2.97 bits per heavy atom. The Morgan fingerprint density at radius 1 is 1.29 bits per heavy atom. The van der Waals surface area contributed by atoms with Crippen molar-refractivity contribution in [3.8, 4) is 22.6 Å². The monoisotopic (exact) mass is 420 g/mol. The maximum atomic E-state index is 12.7. The molecule has 2 aliphatic rings. The minimum Gasteiger partial charge on any atom is -0.383 e. The molecule has 0 bridgehead atoms. The fourth-order valence-corrected chi connectivity index (χ4v) is 4.18. The van der Waals surface area contributed by atoms with Gasteiger partial charge in [-0.1, -0.05) is 12.1 Å². The maximum absolute atomic E-state index is 12.7. The quantitative estimate of drug-likeness (QED) is 0.636. The van der Waals surface area contributed by atoms with Crippen molar-refractivity contribution in [3.63, 3.8) is 0 Å². The van der Waals surface area contributed by atoms with Gasteiger partial charge in [0.15, 0.2) is 17.5 Å². The summed E-state index contributed by atoms with van der Waals surface area (Å²) in [5, 5.41) is 10.8. The van der Waals surface area contributed by atoms with E-state index in [-0.39, 0.29) is 11.9 Å². The molecule has 160 valence electrons. The Bertz CT molecular complexity index is 1100. The number of hydrogen-bond donors (Lipinski definition) is 2. The van der Waals surface area contributed by atoms with Gasteiger partial charge in [-0.05, 0) is 18.6 Å². The number of anilines is 2. The second-order valence-electron chi connectivity index (χ2n) is 7.79. The smallest absolute Gasteiger partial charge is 0.249 e. The third kappa shape index (κ3) is 3.64. The predicted molar refractivity (Wildman–Crippen MR) is 116 cm³/mol. The van der Waals surface area contributed by atoms with Crippen LogP contribution in [0.3, 0.4) is 0 Å². The van der Waals surface area contributed by atoms with E-state index >= 15 is 0 Å². The molecule has 1 aromatic carbocycles. The van der Waals surface area contributed by atoms with Crippen molar-refractivity contribution in [1.82, 2.24) is 30.0 Å². The number of fused-ring (bicyclic) bond motifs is 3. The van der Waals surface area contributed by atoms with E-state index in [0.29, 0.717) is 19.0 Å². The van der Waals surface area contributed by atoms with Crippen molar-refractivity contribution < 1.29 is 9.53 Å². The number of hydrogen-bond acceptors (Lipinski definition) is 8. The molecule has 1 fully saturated rings. The fraction of sp³-hybridized carbons (Fsp3) is 0.381. The van der Waals surface area contributed by atoms with Crippen LogP contribution in [0.2, 0.25) is 0 Å². The summed E-state index contributed by atoms with van der Waals surface area (Å²) in [4.78, 5) is 29.5. The Morgan fingerprint density at radius 2 is 2.19 bits per heavy atom. The number of methoxy groups -OCH3 is 1. The second-order valence-corrected chi connectivity index (χ2v) is 7.79. The number of ether oxygens (including phenoxy) is 1. The molecule has 0 radical (unpaired) electrons. The first kappa shape index (κ1) is 19.6. The highest BCUT2D eigenvalue weighted by Gasteiger charge is 2.39. The summed E-state index contributed by atoms with van der Waals surface area (Å²) >= 11 is 0. The van der Waals surface area contributed by atoms with Crippen molar-refractivity contribution in [2.45, 2.75) is 13.0 Å². The highest BCUT2D eigenvalue weighted by atomic mass is 16.5. The molecule has 1 saturated heterocycles. The van der Waals surface area contributed by atoms with Gasteiger partial charge in [0.2, 0.25) is 5.91 Å². The number of aryl methyl sites for hydroxylation is 1. The van der Waals surface area contributed by atoms with Gasteiger partial charge in [0, 0.05) is 44.4 Å². The van der Waals surface area contributed by atoms with Crippen molar-refractivity contribution in [2.24, 2.45) is 0 Å². The van der Waals surface area contributed by atoms with Crippen LogP contribution in [0.25, 0.3) is 22.6 Å². The van der Waals surface area contributed by atoms with Crippen LogP contribution in [0.4, 0.5) is 11.6 Å². The third-order valence-corrected chi connectivity index (χ3v) is 5.84. The van der Waals surface area contributed by atoms with Crippen LogP contribution < -0.4 is 10.2 Å². The van der Waals surface area contributed by atoms with Crippen LogP contribution in [-0.4, -0.2) is 81.9 Å². The van der Waals surface area contributed by atoms with E-state index in [0.717, 1.165) is 53.7 Å². The highest BCUT2D eigenvalue weighted by Crippen LogP contribution is 2.33. The van der Waals surface area contributed by atoms with Gasteiger partial charge < -0.3 is 19.9 Å². The minimum atomic E-state index is -0.280. The molecule has 1 atom stereocenters. The average molecular weight is 420 g/mol. The summed E-state index contributed by atoms with van der Waals surface area (Å²) in [6.45, 7) is 5.71. The van der Waals surface area contributed by atoms with E-state index in [1.54, 1.807) is 19.6 Å². The Labute approximate surface area is 179 Å². The molecule has 1 amide bonds. The zero-order chi connectivity index (χ0) is 21.4. The summed E-state index contributed by atoms with van der Waals surface area (Å²) in [7, 11) is 1.69. The first-order valence-corrected chi connectivity index (χ1v) is 10.3. The number of benzene rings is 1. The molecule has 4 heterocycles. The lowest BCUT2D eigenvalue weighted by Crippen LogP contribution is -2.60. The molecule has 5 rings (SSSR count). The Hall–Kier alpha value is -3.37. The lowest BCUT2D eigenvalue weighted by molar-refractivity contribution is -0.118. The number of aromatic amines is 1. The SMILES string of the molecule is COCCN1CCN2c3nc(-c4ccc(-c5nnc[nH]5)cc4C)cnc3NC(=O)C2C1. The number of nitrogens with zero attached hydrogens (tertiary/aromatic N) is 6. The van der Waals surface area contributed by atoms with Gasteiger partial charge in [0.05, 0.1) is 18.5 Å². The molecular weight excluding hydrogens is 396 g/mol. The first-order valence-electron chi connectivity index (χ1n) is 10.3. The number of rotatable bonds is 5. The summed E-state index contributed by atoms with van der Waals surface area (Å²) in [6, 6.07) is 5.78. The minimum absolute atomic E-state index is 0.0377. The Kier molecular flexibility index (Phi) is 5.08. The van der Waals surface area contributed by atoms with Crippen LogP contribution in [0.1, 0.15) is 5.56 Å². The molecular formula is C21H24N8O2. The van der Waals surface area contributed by atoms with Crippen molar-refractivity contribution in [2.75, 3.05) is 50.1 Å². The molecule has 0 saturated carbocycles. The van der Waals surface area contributed by atoms with E-state index in [1.165, 1.54) is 0 Å². The van der Waals surface area contributed by atoms with Crippen molar-refractivity contribution in [3.05, 3.63) is 36.3 Å². The number of carbonyl (C=O) groups is 1. The number of amides is 1. The number of aromatic nitrogens is 5. The van der Waals surface area contributed by atoms with Gasteiger partial charge in [-0.2, -0.15) is 0 Å². The molecule has 1 unspecified atom stereocenters. The molecule has 2 aliphatic heterocycles. The summed E-state index contributed by atoms with van der Waals surface area (Å²) in [5.41, 5.74) is 3.79. The zero-order valence-electron chi connectivity index (χ0n) is 17.5. The van der Waals surface area contributed by atoms with Gasteiger partial charge in [-0.15, -0.1) is 10.2 Å². The number of piperazine rings is 1. The third-order valence-electron chi connectivity index (χ3n) is 5.84. The number of nitrogens with one attached hydrogen (secondary N) is 2. The topological polar surface area (TPSA) is 112 Å². The molecule has 0 spiro atoms. The molecule has 2 aromatic heterocycles. The molecule has 10 nitrogen and oxygen atoms in total. The lowest BCUT2D eigenvalue weighted by atomic mass is 10.0.